The molecule has 1 rings (SSSR count). The van der Waals surface area contributed by atoms with E-state index in [9.17, 15) is 8.42 Å². The Balaban J connectivity index is 2.23. The standard InChI is InChI=1S/C10H18N2O2S2/c1-2-11-6-7-12-16(13,14)9-5-10-4-3-8-15-10/h3-4,8,11-12H,2,5-7,9H2,1H3. The van der Waals surface area contributed by atoms with Gasteiger partial charge >= 0.3 is 0 Å². The second kappa shape index (κ2) is 7.01. The summed E-state index contributed by atoms with van der Waals surface area (Å²) in [5, 5.41) is 5.02. The normalized spacial score (nSPS) is 11.8. The maximum absolute atomic E-state index is 11.6. The summed E-state index contributed by atoms with van der Waals surface area (Å²) in [6.45, 7) is 3.98. The molecule has 0 radical (unpaired) electrons. The van der Waals surface area contributed by atoms with Gasteiger partial charge in [0.15, 0.2) is 0 Å². The van der Waals surface area contributed by atoms with Crippen molar-refractivity contribution < 1.29 is 8.42 Å². The smallest absolute Gasteiger partial charge is 0.211 e. The highest BCUT2D eigenvalue weighted by molar-refractivity contribution is 7.89. The van der Waals surface area contributed by atoms with Crippen molar-refractivity contribution in [3.05, 3.63) is 22.4 Å². The lowest BCUT2D eigenvalue weighted by Crippen LogP contribution is -2.33. The molecule has 0 spiro atoms. The molecular formula is C10H18N2O2S2. The summed E-state index contributed by atoms with van der Waals surface area (Å²) < 4.78 is 25.7. The largest absolute Gasteiger partial charge is 0.316 e. The van der Waals surface area contributed by atoms with Crippen LogP contribution in [0.5, 0.6) is 0 Å². The fourth-order valence-electron chi connectivity index (χ4n) is 1.23. The SMILES string of the molecule is CCNCCNS(=O)(=O)CCc1cccs1. The number of hydrogen-bond acceptors (Lipinski definition) is 4. The number of aryl methyl sites for hydroxylation is 1. The Hall–Kier alpha value is -0.430. The van der Waals surface area contributed by atoms with E-state index in [0.717, 1.165) is 11.4 Å². The summed E-state index contributed by atoms with van der Waals surface area (Å²) in [7, 11) is -3.12. The van der Waals surface area contributed by atoms with Crippen LogP contribution in [-0.2, 0) is 16.4 Å². The minimum absolute atomic E-state index is 0.166. The van der Waals surface area contributed by atoms with Crippen LogP contribution in [0, 0.1) is 0 Å². The highest BCUT2D eigenvalue weighted by Crippen LogP contribution is 2.09. The molecule has 16 heavy (non-hydrogen) atoms. The van der Waals surface area contributed by atoms with Crippen LogP contribution in [0.15, 0.2) is 17.5 Å². The zero-order valence-corrected chi connectivity index (χ0v) is 11.0. The molecule has 1 aromatic heterocycles. The van der Waals surface area contributed by atoms with Gasteiger partial charge in [-0.05, 0) is 24.4 Å². The number of likely N-dealkylation sites (N-methyl/N-ethyl adjacent to an activating group) is 1. The van der Waals surface area contributed by atoms with Crippen LogP contribution in [-0.4, -0.2) is 33.8 Å². The average molecular weight is 262 g/mol. The van der Waals surface area contributed by atoms with Crippen molar-refractivity contribution in [3.8, 4) is 0 Å². The minimum atomic E-state index is -3.12. The lowest BCUT2D eigenvalue weighted by Gasteiger charge is -2.06. The number of nitrogens with one attached hydrogen (secondary N) is 2. The molecule has 0 amide bonds. The predicted molar refractivity (Wildman–Crippen MR) is 68.4 cm³/mol. The van der Waals surface area contributed by atoms with Gasteiger partial charge in [-0.3, -0.25) is 0 Å². The quantitative estimate of drug-likeness (QED) is 0.682. The Labute approximate surface area is 101 Å². The molecule has 0 bridgehead atoms. The molecule has 4 nitrogen and oxygen atoms in total. The molecule has 6 heteroatoms. The minimum Gasteiger partial charge on any atom is -0.316 e. The third-order valence-electron chi connectivity index (χ3n) is 2.07. The molecule has 0 fully saturated rings. The van der Waals surface area contributed by atoms with Gasteiger partial charge in [0.1, 0.15) is 0 Å². The fourth-order valence-corrected chi connectivity index (χ4v) is 3.12. The second-order valence-electron chi connectivity index (χ2n) is 3.40. The van der Waals surface area contributed by atoms with Crippen molar-refractivity contribution in [2.45, 2.75) is 13.3 Å². The van der Waals surface area contributed by atoms with Gasteiger partial charge < -0.3 is 5.32 Å². The number of hydrogen-bond donors (Lipinski definition) is 2. The third kappa shape index (κ3) is 5.60. The Kier molecular flexibility index (Phi) is 5.97. The molecule has 0 saturated carbocycles. The molecule has 0 aliphatic rings. The van der Waals surface area contributed by atoms with Gasteiger partial charge in [-0.1, -0.05) is 13.0 Å². The van der Waals surface area contributed by atoms with Crippen LogP contribution >= 0.6 is 11.3 Å². The summed E-state index contributed by atoms with van der Waals surface area (Å²) in [6, 6.07) is 3.89. The molecule has 0 atom stereocenters. The summed E-state index contributed by atoms with van der Waals surface area (Å²) in [4.78, 5) is 1.11. The Morgan fingerprint density at radius 2 is 2.19 bits per heavy atom. The van der Waals surface area contributed by atoms with E-state index in [-0.39, 0.29) is 5.75 Å². The molecular weight excluding hydrogens is 244 g/mol. The van der Waals surface area contributed by atoms with Crippen molar-refractivity contribution in [1.82, 2.24) is 10.0 Å². The number of rotatable bonds is 8. The molecule has 0 aliphatic carbocycles. The Morgan fingerprint density at radius 3 is 2.81 bits per heavy atom. The van der Waals surface area contributed by atoms with E-state index in [1.165, 1.54) is 0 Å². The molecule has 0 aliphatic heterocycles. The van der Waals surface area contributed by atoms with Crippen molar-refractivity contribution in [3.63, 3.8) is 0 Å². The molecule has 0 aromatic carbocycles. The molecule has 1 aromatic rings. The van der Waals surface area contributed by atoms with Crippen LogP contribution < -0.4 is 10.0 Å². The van der Waals surface area contributed by atoms with Gasteiger partial charge in [-0.2, -0.15) is 0 Å². The first kappa shape index (κ1) is 13.6. The highest BCUT2D eigenvalue weighted by Gasteiger charge is 2.09. The van der Waals surface area contributed by atoms with Crippen LogP contribution in [0.25, 0.3) is 0 Å². The van der Waals surface area contributed by atoms with E-state index in [1.807, 2.05) is 24.4 Å². The first-order valence-corrected chi connectivity index (χ1v) is 7.87. The molecule has 92 valence electrons. The van der Waals surface area contributed by atoms with E-state index in [1.54, 1.807) is 11.3 Å². The van der Waals surface area contributed by atoms with E-state index in [2.05, 4.69) is 10.0 Å². The van der Waals surface area contributed by atoms with Gasteiger partial charge in [0.05, 0.1) is 5.75 Å². The Morgan fingerprint density at radius 1 is 1.38 bits per heavy atom. The summed E-state index contributed by atoms with van der Waals surface area (Å²) in [5.74, 6) is 0.166. The Bertz CT molecular complexity index is 374. The third-order valence-corrected chi connectivity index (χ3v) is 4.39. The zero-order valence-electron chi connectivity index (χ0n) is 9.40. The predicted octanol–water partition coefficient (Wildman–Crippen LogP) is 0.820. The van der Waals surface area contributed by atoms with Crippen molar-refractivity contribution in [2.24, 2.45) is 0 Å². The van der Waals surface area contributed by atoms with Gasteiger partial charge in [0.2, 0.25) is 10.0 Å². The van der Waals surface area contributed by atoms with Gasteiger partial charge in [-0.15, -0.1) is 11.3 Å². The van der Waals surface area contributed by atoms with Gasteiger partial charge in [0, 0.05) is 18.0 Å². The van der Waals surface area contributed by atoms with Crippen LogP contribution in [0.1, 0.15) is 11.8 Å². The van der Waals surface area contributed by atoms with Crippen molar-refractivity contribution >= 4 is 21.4 Å². The first-order chi connectivity index (χ1) is 7.64. The van der Waals surface area contributed by atoms with Crippen molar-refractivity contribution in [2.75, 3.05) is 25.4 Å². The van der Waals surface area contributed by atoms with E-state index >= 15 is 0 Å². The lowest BCUT2D eigenvalue weighted by molar-refractivity contribution is 0.577. The molecule has 0 saturated heterocycles. The van der Waals surface area contributed by atoms with E-state index < -0.39 is 10.0 Å². The summed E-state index contributed by atoms with van der Waals surface area (Å²) >= 11 is 1.59. The van der Waals surface area contributed by atoms with E-state index in [0.29, 0.717) is 19.5 Å². The summed E-state index contributed by atoms with van der Waals surface area (Å²) in [5.41, 5.74) is 0. The molecule has 0 unspecified atom stereocenters. The number of thiophene rings is 1. The zero-order chi connectivity index (χ0) is 11.9. The monoisotopic (exact) mass is 262 g/mol. The van der Waals surface area contributed by atoms with Gasteiger partial charge in [-0.25, -0.2) is 13.1 Å². The number of sulfonamides is 1. The topological polar surface area (TPSA) is 58.2 Å². The molecule has 2 N–H and O–H groups in total. The summed E-state index contributed by atoms with van der Waals surface area (Å²) in [6.07, 6.45) is 0.591. The average Bonchev–Trinajstić information content (AvgIpc) is 2.75. The maximum atomic E-state index is 11.6. The van der Waals surface area contributed by atoms with E-state index in [4.69, 9.17) is 0 Å². The maximum Gasteiger partial charge on any atom is 0.211 e. The van der Waals surface area contributed by atoms with Crippen LogP contribution in [0.2, 0.25) is 0 Å². The van der Waals surface area contributed by atoms with Crippen molar-refractivity contribution in [1.29, 1.82) is 0 Å². The lowest BCUT2D eigenvalue weighted by atomic mass is 10.4. The highest BCUT2D eigenvalue weighted by atomic mass is 32.2. The van der Waals surface area contributed by atoms with Crippen LogP contribution in [0.3, 0.4) is 0 Å². The first-order valence-electron chi connectivity index (χ1n) is 5.34. The second-order valence-corrected chi connectivity index (χ2v) is 6.35. The fraction of sp³-hybridized carbons (Fsp3) is 0.600. The van der Waals surface area contributed by atoms with Crippen LogP contribution in [0.4, 0.5) is 0 Å². The van der Waals surface area contributed by atoms with Gasteiger partial charge in [0.25, 0.3) is 0 Å². The molecule has 1 heterocycles.